The molecule has 0 bridgehead atoms. The summed E-state index contributed by atoms with van der Waals surface area (Å²) in [4.78, 5) is 19.9. The van der Waals surface area contributed by atoms with E-state index in [0.717, 1.165) is 6.20 Å². The van der Waals surface area contributed by atoms with E-state index < -0.39 is 17.3 Å². The van der Waals surface area contributed by atoms with Crippen molar-refractivity contribution >= 4 is 23.9 Å². The van der Waals surface area contributed by atoms with Crippen molar-refractivity contribution in [3.63, 3.8) is 0 Å². The van der Waals surface area contributed by atoms with E-state index in [1.54, 1.807) is 25.1 Å². The fourth-order valence-corrected chi connectivity index (χ4v) is 2.82. The van der Waals surface area contributed by atoms with E-state index in [1.165, 1.54) is 7.05 Å². The molecule has 0 saturated carbocycles. The van der Waals surface area contributed by atoms with Crippen LogP contribution in [-0.2, 0) is 11.0 Å². The molecule has 2 rings (SSSR count). The third kappa shape index (κ3) is 4.22. The molecule has 3 N–H and O–H groups in total. The molecular formula is C16H24F3N7O. The number of hydrogen-bond donors (Lipinski definition) is 3. The Kier molecular flexibility index (Phi) is 5.81. The molecule has 1 aliphatic heterocycles. The summed E-state index contributed by atoms with van der Waals surface area (Å²) >= 11 is 0. The second-order valence-corrected chi connectivity index (χ2v) is 6.64. The van der Waals surface area contributed by atoms with Gasteiger partial charge in [0.15, 0.2) is 0 Å². The van der Waals surface area contributed by atoms with Gasteiger partial charge in [-0.05, 0) is 27.7 Å². The molecule has 8 nitrogen and oxygen atoms in total. The maximum absolute atomic E-state index is 12.9. The zero-order chi connectivity index (χ0) is 20.4. The molecular weight excluding hydrogens is 363 g/mol. The standard InChI is InChI=1S/C16H24F3N7O/c1-6-21-13(27)15(3,4)26-9(2)11(8-23-26)24-14-22-7-10(16(17,18)19)12(20-5)25-14/h7-9,11H,6H2,1-5H3,(H,21,27)(H2,20,22,24,25)/t9-,11?/m0/s1. The Bertz CT molecular complexity index is 720. The van der Waals surface area contributed by atoms with Crippen molar-refractivity contribution in [2.24, 2.45) is 5.10 Å². The van der Waals surface area contributed by atoms with Gasteiger partial charge in [-0.25, -0.2) is 4.98 Å². The van der Waals surface area contributed by atoms with E-state index in [-0.39, 0.29) is 29.8 Å². The highest BCUT2D eigenvalue weighted by Gasteiger charge is 2.42. The van der Waals surface area contributed by atoms with Crippen LogP contribution in [0.25, 0.3) is 0 Å². The molecule has 1 aromatic heterocycles. The lowest BCUT2D eigenvalue weighted by Crippen LogP contribution is -2.56. The van der Waals surface area contributed by atoms with Crippen molar-refractivity contribution < 1.29 is 18.0 Å². The first-order valence-electron chi connectivity index (χ1n) is 8.52. The van der Waals surface area contributed by atoms with Gasteiger partial charge in [0.2, 0.25) is 11.9 Å². The van der Waals surface area contributed by atoms with Crippen molar-refractivity contribution in [2.45, 2.75) is 51.5 Å². The average Bonchev–Trinajstić information content (AvgIpc) is 2.95. The minimum absolute atomic E-state index is 0.0355. The number of nitrogens with zero attached hydrogens (tertiary/aromatic N) is 4. The molecule has 11 heteroatoms. The van der Waals surface area contributed by atoms with Gasteiger partial charge in [0.05, 0.1) is 12.1 Å². The number of likely N-dealkylation sites (N-methyl/N-ethyl adjacent to an activating group) is 1. The Balaban J connectivity index is 2.16. The molecule has 2 atom stereocenters. The maximum atomic E-state index is 12.9. The Labute approximate surface area is 155 Å². The Morgan fingerprint density at radius 3 is 2.56 bits per heavy atom. The number of hydrazone groups is 1. The van der Waals surface area contributed by atoms with Crippen LogP contribution in [-0.4, -0.2) is 58.3 Å². The van der Waals surface area contributed by atoms with Crippen molar-refractivity contribution in [1.29, 1.82) is 0 Å². The number of aromatic nitrogens is 2. The van der Waals surface area contributed by atoms with E-state index in [9.17, 15) is 18.0 Å². The Morgan fingerprint density at radius 2 is 2.00 bits per heavy atom. The van der Waals surface area contributed by atoms with Gasteiger partial charge in [-0.15, -0.1) is 0 Å². The van der Waals surface area contributed by atoms with Gasteiger partial charge in [-0.2, -0.15) is 23.3 Å². The van der Waals surface area contributed by atoms with Gasteiger partial charge in [0.25, 0.3) is 0 Å². The van der Waals surface area contributed by atoms with E-state index in [4.69, 9.17) is 0 Å². The third-order valence-electron chi connectivity index (χ3n) is 4.35. The zero-order valence-corrected chi connectivity index (χ0v) is 15.8. The van der Waals surface area contributed by atoms with Crippen LogP contribution in [0, 0.1) is 0 Å². The number of carbonyl (C=O) groups is 1. The van der Waals surface area contributed by atoms with Crippen LogP contribution in [0.5, 0.6) is 0 Å². The molecule has 150 valence electrons. The van der Waals surface area contributed by atoms with Crippen LogP contribution in [0.15, 0.2) is 11.3 Å². The van der Waals surface area contributed by atoms with Crippen molar-refractivity contribution in [3.8, 4) is 0 Å². The number of rotatable bonds is 6. The van der Waals surface area contributed by atoms with E-state index in [0.29, 0.717) is 6.54 Å². The van der Waals surface area contributed by atoms with E-state index in [1.807, 2.05) is 13.8 Å². The molecule has 27 heavy (non-hydrogen) atoms. The molecule has 1 aliphatic rings. The van der Waals surface area contributed by atoms with Gasteiger partial charge < -0.3 is 16.0 Å². The predicted molar refractivity (Wildman–Crippen MR) is 96.5 cm³/mol. The molecule has 0 aliphatic carbocycles. The van der Waals surface area contributed by atoms with Gasteiger partial charge in [-0.3, -0.25) is 9.80 Å². The minimum atomic E-state index is -4.55. The van der Waals surface area contributed by atoms with Crippen LogP contribution in [0.4, 0.5) is 24.9 Å². The summed E-state index contributed by atoms with van der Waals surface area (Å²) in [5, 5.41) is 14.1. The maximum Gasteiger partial charge on any atom is 0.421 e. The number of amides is 1. The summed E-state index contributed by atoms with van der Waals surface area (Å²) < 4.78 is 38.8. The van der Waals surface area contributed by atoms with Gasteiger partial charge in [0, 0.05) is 26.0 Å². The molecule has 0 radical (unpaired) electrons. The van der Waals surface area contributed by atoms with Gasteiger partial charge in [-0.1, -0.05) is 0 Å². The van der Waals surface area contributed by atoms with Crippen LogP contribution < -0.4 is 16.0 Å². The Morgan fingerprint density at radius 1 is 1.33 bits per heavy atom. The van der Waals surface area contributed by atoms with Crippen LogP contribution >= 0.6 is 0 Å². The van der Waals surface area contributed by atoms with Gasteiger partial charge in [0.1, 0.15) is 16.9 Å². The smallest absolute Gasteiger partial charge is 0.372 e. The molecule has 0 fully saturated rings. The molecule has 2 heterocycles. The lowest BCUT2D eigenvalue weighted by Gasteiger charge is -2.37. The number of hydrogen-bond acceptors (Lipinski definition) is 7. The molecule has 0 aromatic carbocycles. The van der Waals surface area contributed by atoms with Crippen LogP contribution in [0.2, 0.25) is 0 Å². The highest BCUT2D eigenvalue weighted by Crippen LogP contribution is 2.33. The summed E-state index contributed by atoms with van der Waals surface area (Å²) in [6.45, 7) is 7.69. The normalized spacial score (nSPS) is 19.9. The van der Waals surface area contributed by atoms with Crippen molar-refractivity contribution in [3.05, 3.63) is 11.8 Å². The summed E-state index contributed by atoms with van der Waals surface area (Å²) in [7, 11) is 1.36. The second kappa shape index (κ2) is 7.57. The quantitative estimate of drug-likeness (QED) is 0.691. The van der Waals surface area contributed by atoms with E-state index in [2.05, 4.69) is 31.0 Å². The summed E-state index contributed by atoms with van der Waals surface area (Å²) in [5.74, 6) is -0.451. The van der Waals surface area contributed by atoms with Crippen LogP contribution in [0.3, 0.4) is 0 Å². The highest BCUT2D eigenvalue weighted by atomic mass is 19.4. The Hall–Kier alpha value is -2.59. The summed E-state index contributed by atoms with van der Waals surface area (Å²) in [5.41, 5.74) is -1.83. The monoisotopic (exact) mass is 387 g/mol. The molecule has 0 saturated heterocycles. The third-order valence-corrected chi connectivity index (χ3v) is 4.35. The second-order valence-electron chi connectivity index (χ2n) is 6.64. The molecule has 1 amide bonds. The fraction of sp³-hybridized carbons (Fsp3) is 0.625. The lowest BCUT2D eigenvalue weighted by molar-refractivity contribution is -0.137. The first kappa shape index (κ1) is 20.7. The van der Waals surface area contributed by atoms with Crippen molar-refractivity contribution in [1.82, 2.24) is 20.3 Å². The number of halogens is 3. The van der Waals surface area contributed by atoms with Crippen LogP contribution in [0.1, 0.15) is 33.3 Å². The first-order valence-corrected chi connectivity index (χ1v) is 8.52. The first-order chi connectivity index (χ1) is 12.5. The molecule has 1 unspecified atom stereocenters. The molecule has 0 spiro atoms. The van der Waals surface area contributed by atoms with Gasteiger partial charge >= 0.3 is 6.18 Å². The number of alkyl halides is 3. The number of carbonyl (C=O) groups excluding carboxylic acids is 1. The zero-order valence-electron chi connectivity index (χ0n) is 15.8. The van der Waals surface area contributed by atoms with E-state index >= 15 is 0 Å². The average molecular weight is 387 g/mol. The number of anilines is 2. The number of nitrogens with one attached hydrogen (secondary N) is 3. The lowest BCUT2D eigenvalue weighted by atomic mass is 10.0. The summed E-state index contributed by atoms with van der Waals surface area (Å²) in [6, 6.07) is -0.619. The highest BCUT2D eigenvalue weighted by molar-refractivity contribution is 5.86. The summed E-state index contributed by atoms with van der Waals surface area (Å²) in [6.07, 6.45) is -2.23. The SMILES string of the molecule is CCNC(=O)C(C)(C)N1N=CC(Nc2ncc(C(F)(F)F)c(NC)n2)[C@@H]1C. The largest absolute Gasteiger partial charge is 0.421 e. The minimum Gasteiger partial charge on any atom is -0.372 e. The topological polar surface area (TPSA) is 94.5 Å². The molecule has 1 aromatic rings. The predicted octanol–water partition coefficient (Wildman–Crippen LogP) is 1.92. The fourth-order valence-electron chi connectivity index (χ4n) is 2.82. The van der Waals surface area contributed by atoms with Crippen molar-refractivity contribution in [2.75, 3.05) is 24.2 Å².